The normalized spacial score (nSPS) is 17.3. The van der Waals surface area contributed by atoms with Crippen LogP contribution >= 0.6 is 0 Å². The maximum Gasteiger partial charge on any atom is 0.227 e. The summed E-state index contributed by atoms with van der Waals surface area (Å²) in [6, 6.07) is 8.57. The number of hydrogen-bond donors (Lipinski definition) is 0. The molecular weight excluding hydrogens is 343 g/mol. The lowest BCUT2D eigenvalue weighted by Gasteiger charge is -2.37. The number of halogens is 1. The molecule has 27 heavy (non-hydrogen) atoms. The van der Waals surface area contributed by atoms with Crippen LogP contribution in [0.1, 0.15) is 24.1 Å². The smallest absolute Gasteiger partial charge is 0.227 e. The average molecular weight is 366 g/mol. The van der Waals surface area contributed by atoms with Crippen LogP contribution in [0.2, 0.25) is 0 Å². The SMILES string of the molecule is Cc1cc(N2CCN(c3cc(F)cc(C#N)c3)CC2)nc(N2CCCC2)n1. The van der Waals surface area contributed by atoms with E-state index < -0.39 is 0 Å². The molecule has 6 nitrogen and oxygen atoms in total. The Bertz CT molecular complexity index is 863. The highest BCUT2D eigenvalue weighted by atomic mass is 19.1. The number of anilines is 3. The number of nitrogens with zero attached hydrogens (tertiary/aromatic N) is 6. The third kappa shape index (κ3) is 3.80. The fraction of sp³-hybridized carbons (Fsp3) is 0.450. The summed E-state index contributed by atoms with van der Waals surface area (Å²) in [5.41, 5.74) is 2.10. The molecule has 3 heterocycles. The van der Waals surface area contributed by atoms with Gasteiger partial charge in [-0.3, -0.25) is 0 Å². The Balaban J connectivity index is 1.48. The summed E-state index contributed by atoms with van der Waals surface area (Å²) in [5.74, 6) is 1.42. The summed E-state index contributed by atoms with van der Waals surface area (Å²) in [6.07, 6.45) is 2.40. The molecule has 140 valence electrons. The van der Waals surface area contributed by atoms with Gasteiger partial charge in [-0.1, -0.05) is 0 Å². The summed E-state index contributed by atoms with van der Waals surface area (Å²) >= 11 is 0. The van der Waals surface area contributed by atoms with Gasteiger partial charge in [-0.15, -0.1) is 0 Å². The van der Waals surface area contributed by atoms with Crippen molar-refractivity contribution in [3.05, 3.63) is 41.3 Å². The molecule has 2 saturated heterocycles. The standard InChI is InChI=1S/C20H23FN6/c1-15-10-19(24-20(23-15)27-4-2-3-5-27)26-8-6-25(7-9-26)18-12-16(14-22)11-17(21)13-18/h10-13H,2-9H2,1H3. The molecule has 7 heteroatoms. The zero-order valence-corrected chi connectivity index (χ0v) is 15.5. The van der Waals surface area contributed by atoms with E-state index in [0.717, 1.165) is 62.4 Å². The molecule has 1 aromatic heterocycles. The molecule has 4 rings (SSSR count). The number of aromatic nitrogens is 2. The first kappa shape index (κ1) is 17.5. The first-order chi connectivity index (χ1) is 13.1. The van der Waals surface area contributed by atoms with Crippen molar-refractivity contribution in [2.45, 2.75) is 19.8 Å². The predicted molar refractivity (Wildman–Crippen MR) is 104 cm³/mol. The van der Waals surface area contributed by atoms with Crippen LogP contribution in [0.4, 0.5) is 21.8 Å². The fourth-order valence-electron chi connectivity index (χ4n) is 3.77. The lowest BCUT2D eigenvalue weighted by atomic mass is 10.1. The van der Waals surface area contributed by atoms with Gasteiger partial charge in [-0.2, -0.15) is 10.2 Å². The van der Waals surface area contributed by atoms with Gasteiger partial charge >= 0.3 is 0 Å². The van der Waals surface area contributed by atoms with Gasteiger partial charge in [-0.05, 0) is 38.0 Å². The number of rotatable bonds is 3. The molecule has 0 unspecified atom stereocenters. The Morgan fingerprint density at radius 3 is 2.30 bits per heavy atom. The van der Waals surface area contributed by atoms with Gasteiger partial charge in [-0.25, -0.2) is 9.37 Å². The van der Waals surface area contributed by atoms with E-state index >= 15 is 0 Å². The minimum absolute atomic E-state index is 0.356. The minimum Gasteiger partial charge on any atom is -0.368 e. The van der Waals surface area contributed by atoms with Gasteiger partial charge in [0.25, 0.3) is 0 Å². The molecular formula is C20H23FN6. The maximum atomic E-state index is 13.7. The van der Waals surface area contributed by atoms with Gasteiger partial charge in [0, 0.05) is 56.7 Å². The quantitative estimate of drug-likeness (QED) is 0.832. The van der Waals surface area contributed by atoms with E-state index in [9.17, 15) is 4.39 Å². The van der Waals surface area contributed by atoms with Crippen LogP contribution in [-0.2, 0) is 0 Å². The second-order valence-corrected chi connectivity index (χ2v) is 7.15. The molecule has 0 radical (unpaired) electrons. The van der Waals surface area contributed by atoms with E-state index in [0.29, 0.717) is 5.56 Å². The number of piperazine rings is 1. The highest BCUT2D eigenvalue weighted by Crippen LogP contribution is 2.24. The van der Waals surface area contributed by atoms with Crippen LogP contribution < -0.4 is 14.7 Å². The van der Waals surface area contributed by atoms with Gasteiger partial charge in [0.2, 0.25) is 5.95 Å². The van der Waals surface area contributed by atoms with Crippen molar-refractivity contribution in [1.29, 1.82) is 5.26 Å². The Hall–Kier alpha value is -2.88. The van der Waals surface area contributed by atoms with E-state index in [1.54, 1.807) is 6.07 Å². The summed E-state index contributed by atoms with van der Waals surface area (Å²) < 4.78 is 13.7. The van der Waals surface area contributed by atoms with E-state index in [4.69, 9.17) is 10.2 Å². The van der Waals surface area contributed by atoms with Crippen molar-refractivity contribution in [3.8, 4) is 6.07 Å². The van der Waals surface area contributed by atoms with Crippen LogP contribution in [0.5, 0.6) is 0 Å². The zero-order valence-electron chi connectivity index (χ0n) is 15.5. The Morgan fingerprint density at radius 1 is 0.889 bits per heavy atom. The fourth-order valence-corrected chi connectivity index (χ4v) is 3.77. The number of benzene rings is 1. The second kappa shape index (κ2) is 7.39. The molecule has 0 spiro atoms. The molecule has 0 amide bonds. The van der Waals surface area contributed by atoms with Crippen LogP contribution in [0.3, 0.4) is 0 Å². The Kier molecular flexibility index (Phi) is 4.80. The van der Waals surface area contributed by atoms with Crippen molar-refractivity contribution in [1.82, 2.24) is 9.97 Å². The highest BCUT2D eigenvalue weighted by molar-refractivity contribution is 5.54. The number of nitriles is 1. The molecule has 0 aliphatic carbocycles. The molecule has 0 bridgehead atoms. The van der Waals surface area contributed by atoms with Crippen molar-refractivity contribution in [2.75, 3.05) is 54.0 Å². The van der Waals surface area contributed by atoms with Crippen molar-refractivity contribution < 1.29 is 4.39 Å². The summed E-state index contributed by atoms with van der Waals surface area (Å²) in [7, 11) is 0. The minimum atomic E-state index is -0.367. The van der Waals surface area contributed by atoms with Crippen molar-refractivity contribution in [2.24, 2.45) is 0 Å². The third-order valence-electron chi connectivity index (χ3n) is 5.20. The molecule has 0 N–H and O–H groups in total. The topological polar surface area (TPSA) is 59.3 Å². The van der Waals surface area contributed by atoms with Crippen LogP contribution in [0.15, 0.2) is 24.3 Å². The lowest BCUT2D eigenvalue weighted by Crippen LogP contribution is -2.47. The van der Waals surface area contributed by atoms with Crippen molar-refractivity contribution in [3.63, 3.8) is 0 Å². The molecule has 2 fully saturated rings. The van der Waals surface area contributed by atoms with Crippen molar-refractivity contribution >= 4 is 17.5 Å². The summed E-state index contributed by atoms with van der Waals surface area (Å²) in [4.78, 5) is 16.0. The monoisotopic (exact) mass is 366 g/mol. The first-order valence-corrected chi connectivity index (χ1v) is 9.43. The van der Waals surface area contributed by atoms with Gasteiger partial charge < -0.3 is 14.7 Å². The van der Waals surface area contributed by atoms with Gasteiger partial charge in [0.05, 0.1) is 11.6 Å². The molecule has 0 saturated carbocycles. The highest BCUT2D eigenvalue weighted by Gasteiger charge is 2.22. The maximum absolute atomic E-state index is 13.7. The Morgan fingerprint density at radius 2 is 1.59 bits per heavy atom. The number of aryl methyl sites for hydroxylation is 1. The predicted octanol–water partition coefficient (Wildman–Crippen LogP) is 2.72. The summed E-state index contributed by atoms with van der Waals surface area (Å²) in [6.45, 7) is 7.18. The Labute approximate surface area is 158 Å². The third-order valence-corrected chi connectivity index (χ3v) is 5.20. The molecule has 0 atom stereocenters. The number of hydrogen-bond acceptors (Lipinski definition) is 6. The van der Waals surface area contributed by atoms with Gasteiger partial charge in [0.15, 0.2) is 0 Å². The van der Waals surface area contributed by atoms with E-state index in [2.05, 4.69) is 19.7 Å². The molecule has 1 aromatic carbocycles. The lowest BCUT2D eigenvalue weighted by molar-refractivity contribution is 0.618. The largest absolute Gasteiger partial charge is 0.368 e. The van der Waals surface area contributed by atoms with Crippen LogP contribution in [-0.4, -0.2) is 49.2 Å². The van der Waals surface area contributed by atoms with Crippen LogP contribution in [0.25, 0.3) is 0 Å². The second-order valence-electron chi connectivity index (χ2n) is 7.15. The van der Waals surface area contributed by atoms with Crippen LogP contribution in [0, 0.1) is 24.1 Å². The van der Waals surface area contributed by atoms with E-state index in [-0.39, 0.29) is 5.82 Å². The molecule has 2 aliphatic rings. The van der Waals surface area contributed by atoms with E-state index in [1.165, 1.54) is 25.0 Å². The zero-order chi connectivity index (χ0) is 18.8. The molecule has 2 aliphatic heterocycles. The average Bonchev–Trinajstić information content (AvgIpc) is 3.22. The van der Waals surface area contributed by atoms with Gasteiger partial charge in [0.1, 0.15) is 11.6 Å². The van der Waals surface area contributed by atoms with E-state index in [1.807, 2.05) is 19.1 Å². The molecule has 2 aromatic rings. The summed E-state index contributed by atoms with van der Waals surface area (Å²) in [5, 5.41) is 9.06. The first-order valence-electron chi connectivity index (χ1n) is 9.43.